The first-order valence-electron chi connectivity index (χ1n) is 6.38. The minimum atomic E-state index is 0.320. The quantitative estimate of drug-likeness (QED) is 0.894. The number of aromatic nitrogens is 2. The fourth-order valence-corrected chi connectivity index (χ4v) is 2.49. The van der Waals surface area contributed by atoms with Crippen molar-refractivity contribution in [3.05, 3.63) is 42.4 Å². The molecule has 2 atom stereocenters. The Morgan fingerprint density at radius 1 is 1.39 bits per heavy atom. The number of allylic oxidation sites excluding steroid dienone is 1. The molecule has 2 aromatic rings. The van der Waals surface area contributed by atoms with Gasteiger partial charge in [0.15, 0.2) is 0 Å². The van der Waals surface area contributed by atoms with Crippen molar-refractivity contribution in [2.75, 3.05) is 0 Å². The maximum Gasteiger partial charge on any atom is 0.106 e. The molecule has 2 rings (SSSR count). The van der Waals surface area contributed by atoms with E-state index in [2.05, 4.69) is 55.1 Å². The first-order valence-corrected chi connectivity index (χ1v) is 6.38. The van der Waals surface area contributed by atoms with Gasteiger partial charge in [-0.2, -0.15) is 0 Å². The molecular formula is C15H21N3. The van der Waals surface area contributed by atoms with Crippen molar-refractivity contribution in [3.8, 4) is 0 Å². The predicted octanol–water partition coefficient (Wildman–Crippen LogP) is 3.40. The second-order valence-electron chi connectivity index (χ2n) is 5.08. The predicted molar refractivity (Wildman–Crippen MR) is 76.3 cm³/mol. The van der Waals surface area contributed by atoms with Crippen molar-refractivity contribution in [1.29, 1.82) is 0 Å². The van der Waals surface area contributed by atoms with Gasteiger partial charge in [0.2, 0.25) is 0 Å². The van der Waals surface area contributed by atoms with E-state index in [0.29, 0.717) is 12.0 Å². The zero-order valence-corrected chi connectivity index (χ0v) is 11.4. The Kier molecular flexibility index (Phi) is 3.41. The van der Waals surface area contributed by atoms with E-state index < -0.39 is 0 Å². The van der Waals surface area contributed by atoms with Crippen LogP contribution in [0.15, 0.2) is 36.5 Å². The van der Waals surface area contributed by atoms with Crippen LogP contribution in [-0.2, 0) is 0 Å². The summed E-state index contributed by atoms with van der Waals surface area (Å²) in [4.78, 5) is 4.60. The number of hydrogen-bond acceptors (Lipinski definition) is 2. The van der Waals surface area contributed by atoms with Gasteiger partial charge in [-0.15, -0.1) is 0 Å². The van der Waals surface area contributed by atoms with E-state index in [1.54, 1.807) is 0 Å². The molecule has 0 aliphatic heterocycles. The number of imidazole rings is 1. The van der Waals surface area contributed by atoms with Crippen molar-refractivity contribution in [2.24, 2.45) is 11.7 Å². The van der Waals surface area contributed by atoms with Crippen LogP contribution in [0.3, 0.4) is 0 Å². The molecule has 0 aliphatic rings. The number of aryl methyl sites for hydroxylation is 1. The van der Waals surface area contributed by atoms with Gasteiger partial charge in [-0.1, -0.05) is 25.6 Å². The average molecular weight is 243 g/mol. The molecule has 0 saturated carbocycles. The van der Waals surface area contributed by atoms with E-state index in [-0.39, 0.29) is 0 Å². The summed E-state index contributed by atoms with van der Waals surface area (Å²) in [6, 6.07) is 8.61. The number of fused-ring (bicyclic) bond motifs is 1. The summed E-state index contributed by atoms with van der Waals surface area (Å²) in [5, 5.41) is 0. The van der Waals surface area contributed by atoms with Gasteiger partial charge in [0.1, 0.15) is 5.82 Å². The molecule has 0 aliphatic carbocycles. The van der Waals surface area contributed by atoms with E-state index >= 15 is 0 Å². The number of nitrogens with zero attached hydrogens (tertiary/aromatic N) is 2. The van der Waals surface area contributed by atoms with Crippen molar-refractivity contribution >= 4 is 11.0 Å². The summed E-state index contributed by atoms with van der Waals surface area (Å²) >= 11 is 0. The molecule has 0 spiro atoms. The summed E-state index contributed by atoms with van der Waals surface area (Å²) < 4.78 is 2.29. The lowest BCUT2D eigenvalue weighted by molar-refractivity contribution is 0.440. The molecule has 1 aromatic carbocycles. The number of hydrogen-bond donors (Lipinski definition) is 1. The SMILES string of the molecule is C=C(N)C(C)CC(C)n1c(C)nc2ccccc21. The van der Waals surface area contributed by atoms with Crippen LogP contribution in [0.4, 0.5) is 0 Å². The zero-order valence-electron chi connectivity index (χ0n) is 11.4. The zero-order chi connectivity index (χ0) is 13.3. The monoisotopic (exact) mass is 243 g/mol. The molecule has 0 amide bonds. The van der Waals surface area contributed by atoms with Crippen LogP contribution in [0, 0.1) is 12.8 Å². The minimum Gasteiger partial charge on any atom is -0.402 e. The molecule has 3 nitrogen and oxygen atoms in total. The van der Waals surface area contributed by atoms with Crippen LogP contribution in [0.25, 0.3) is 11.0 Å². The van der Waals surface area contributed by atoms with Gasteiger partial charge < -0.3 is 10.3 Å². The molecule has 1 heterocycles. The van der Waals surface area contributed by atoms with Crippen LogP contribution in [-0.4, -0.2) is 9.55 Å². The standard InChI is InChI=1S/C15H21N3/c1-10(12(3)16)9-11(2)18-13(4)17-14-7-5-6-8-15(14)18/h5-8,10-11H,3,9,16H2,1-2,4H3. The lowest BCUT2D eigenvalue weighted by Gasteiger charge is -2.20. The van der Waals surface area contributed by atoms with E-state index in [1.165, 1.54) is 5.52 Å². The number of benzene rings is 1. The Morgan fingerprint density at radius 2 is 2.06 bits per heavy atom. The smallest absolute Gasteiger partial charge is 0.106 e. The first kappa shape index (κ1) is 12.7. The van der Waals surface area contributed by atoms with Crippen LogP contribution in [0.2, 0.25) is 0 Å². The Balaban J connectivity index is 2.35. The molecule has 96 valence electrons. The maximum absolute atomic E-state index is 5.77. The number of rotatable bonds is 4. The van der Waals surface area contributed by atoms with Crippen molar-refractivity contribution < 1.29 is 0 Å². The van der Waals surface area contributed by atoms with Gasteiger partial charge in [-0.05, 0) is 38.3 Å². The molecule has 3 heteroatoms. The van der Waals surface area contributed by atoms with Gasteiger partial charge in [-0.25, -0.2) is 4.98 Å². The summed E-state index contributed by atoms with van der Waals surface area (Å²) in [6.45, 7) is 10.2. The average Bonchev–Trinajstić information content (AvgIpc) is 2.64. The van der Waals surface area contributed by atoms with Crippen molar-refractivity contribution in [2.45, 2.75) is 33.2 Å². The number of nitrogens with two attached hydrogens (primary N) is 1. The molecule has 0 bridgehead atoms. The second-order valence-corrected chi connectivity index (χ2v) is 5.08. The highest BCUT2D eigenvalue weighted by molar-refractivity contribution is 5.76. The van der Waals surface area contributed by atoms with E-state index in [4.69, 9.17) is 5.73 Å². The molecule has 0 fully saturated rings. The third-order valence-electron chi connectivity index (χ3n) is 3.54. The third-order valence-corrected chi connectivity index (χ3v) is 3.54. The molecule has 18 heavy (non-hydrogen) atoms. The lowest BCUT2D eigenvalue weighted by Crippen LogP contribution is -2.15. The van der Waals surface area contributed by atoms with Crippen LogP contribution in [0.1, 0.15) is 32.1 Å². The minimum absolute atomic E-state index is 0.320. The topological polar surface area (TPSA) is 43.8 Å². The fraction of sp³-hybridized carbons (Fsp3) is 0.400. The van der Waals surface area contributed by atoms with Gasteiger partial charge in [-0.3, -0.25) is 0 Å². The molecule has 2 N–H and O–H groups in total. The molecule has 0 saturated heterocycles. The second kappa shape index (κ2) is 4.84. The summed E-state index contributed by atoms with van der Waals surface area (Å²) in [7, 11) is 0. The molecule has 0 radical (unpaired) electrons. The van der Waals surface area contributed by atoms with Gasteiger partial charge in [0.05, 0.1) is 11.0 Å². The largest absolute Gasteiger partial charge is 0.402 e. The lowest BCUT2D eigenvalue weighted by atomic mass is 10.00. The molecular weight excluding hydrogens is 222 g/mol. The summed E-state index contributed by atoms with van der Waals surface area (Å²) in [5.74, 6) is 1.37. The van der Waals surface area contributed by atoms with Crippen molar-refractivity contribution in [3.63, 3.8) is 0 Å². The first-order chi connectivity index (χ1) is 8.50. The van der Waals surface area contributed by atoms with E-state index in [1.807, 2.05) is 6.07 Å². The Hall–Kier alpha value is -1.77. The van der Waals surface area contributed by atoms with Crippen LogP contribution < -0.4 is 5.73 Å². The Bertz CT molecular complexity index is 568. The van der Waals surface area contributed by atoms with Crippen LogP contribution >= 0.6 is 0 Å². The maximum atomic E-state index is 5.77. The van der Waals surface area contributed by atoms with Crippen molar-refractivity contribution in [1.82, 2.24) is 9.55 Å². The highest BCUT2D eigenvalue weighted by Gasteiger charge is 2.16. The van der Waals surface area contributed by atoms with Gasteiger partial charge in [0.25, 0.3) is 0 Å². The highest BCUT2D eigenvalue weighted by Crippen LogP contribution is 2.26. The van der Waals surface area contributed by atoms with Gasteiger partial charge in [0, 0.05) is 11.7 Å². The number of para-hydroxylation sites is 2. The van der Waals surface area contributed by atoms with E-state index in [9.17, 15) is 0 Å². The fourth-order valence-electron chi connectivity index (χ4n) is 2.49. The van der Waals surface area contributed by atoms with Crippen LogP contribution in [0.5, 0.6) is 0 Å². The van der Waals surface area contributed by atoms with Gasteiger partial charge >= 0.3 is 0 Å². The summed E-state index contributed by atoms with van der Waals surface area (Å²) in [6.07, 6.45) is 0.983. The van der Waals surface area contributed by atoms with E-state index in [0.717, 1.165) is 23.5 Å². The molecule has 2 unspecified atom stereocenters. The molecule has 1 aromatic heterocycles. The normalized spacial score (nSPS) is 14.6. The Labute approximate surface area is 108 Å². The highest BCUT2D eigenvalue weighted by atomic mass is 15.1. The third kappa shape index (κ3) is 2.26. The summed E-state index contributed by atoms with van der Waals surface area (Å²) in [5.41, 5.74) is 8.77. The Morgan fingerprint density at radius 3 is 2.72 bits per heavy atom.